The highest BCUT2D eigenvalue weighted by molar-refractivity contribution is 9.10. The van der Waals surface area contributed by atoms with Crippen LogP contribution in [0, 0.1) is 11.6 Å². The van der Waals surface area contributed by atoms with Crippen molar-refractivity contribution in [3.05, 3.63) is 27.7 Å². The second-order valence-electron chi connectivity index (χ2n) is 3.80. The molecule has 1 atom stereocenters. The summed E-state index contributed by atoms with van der Waals surface area (Å²) in [5, 5.41) is 3.19. The lowest BCUT2D eigenvalue weighted by atomic mass is 9.97. The minimum atomic E-state index is -0.918. The van der Waals surface area contributed by atoms with Crippen molar-refractivity contribution >= 4 is 15.9 Å². The van der Waals surface area contributed by atoms with Gasteiger partial charge < -0.3 is 10.1 Å². The summed E-state index contributed by atoms with van der Waals surface area (Å²) < 4.78 is 32.1. The van der Waals surface area contributed by atoms with Crippen molar-refractivity contribution in [1.29, 1.82) is 0 Å². The Balaban J connectivity index is 2.50. The van der Waals surface area contributed by atoms with Crippen LogP contribution in [0.1, 0.15) is 17.9 Å². The van der Waals surface area contributed by atoms with E-state index in [2.05, 4.69) is 21.2 Å². The predicted molar refractivity (Wildman–Crippen MR) is 60.8 cm³/mol. The molecular weight excluding hydrogens is 280 g/mol. The van der Waals surface area contributed by atoms with Gasteiger partial charge in [-0.2, -0.15) is 4.39 Å². The van der Waals surface area contributed by atoms with Crippen LogP contribution >= 0.6 is 15.9 Å². The first-order valence-corrected chi connectivity index (χ1v) is 5.86. The normalized spacial score (nSPS) is 20.1. The fourth-order valence-corrected chi connectivity index (χ4v) is 2.45. The third kappa shape index (κ3) is 1.94. The molecule has 1 aromatic carbocycles. The molecular formula is C11H12BrF2NO. The minimum absolute atomic E-state index is 0.0226. The molecule has 16 heavy (non-hydrogen) atoms. The van der Waals surface area contributed by atoms with E-state index in [0.717, 1.165) is 25.1 Å². The fourth-order valence-electron chi connectivity index (χ4n) is 2.03. The largest absolute Gasteiger partial charge is 0.493 e. The van der Waals surface area contributed by atoms with Gasteiger partial charge in [-0.1, -0.05) is 0 Å². The average molecular weight is 292 g/mol. The molecule has 1 fully saturated rings. The van der Waals surface area contributed by atoms with Gasteiger partial charge in [0.2, 0.25) is 5.82 Å². The first-order valence-electron chi connectivity index (χ1n) is 5.07. The molecule has 0 saturated carbocycles. The second-order valence-corrected chi connectivity index (χ2v) is 4.65. The average Bonchev–Trinajstić information content (AvgIpc) is 2.79. The maximum Gasteiger partial charge on any atom is 0.202 e. The summed E-state index contributed by atoms with van der Waals surface area (Å²) >= 11 is 3.02. The van der Waals surface area contributed by atoms with Gasteiger partial charge in [-0.05, 0) is 35.0 Å². The molecule has 0 aliphatic carbocycles. The van der Waals surface area contributed by atoms with E-state index < -0.39 is 11.6 Å². The molecule has 0 radical (unpaired) electrons. The van der Waals surface area contributed by atoms with E-state index in [4.69, 9.17) is 4.74 Å². The fraction of sp³-hybridized carbons (Fsp3) is 0.455. The highest BCUT2D eigenvalue weighted by Crippen LogP contribution is 2.37. The Morgan fingerprint density at radius 2 is 2.19 bits per heavy atom. The number of methoxy groups -OCH3 is 1. The molecule has 1 aliphatic heterocycles. The number of ether oxygens (including phenoxy) is 1. The summed E-state index contributed by atoms with van der Waals surface area (Å²) in [6.07, 6.45) is 0.911. The molecule has 2 rings (SSSR count). The van der Waals surface area contributed by atoms with Gasteiger partial charge in [0.15, 0.2) is 11.6 Å². The third-order valence-corrected chi connectivity index (χ3v) is 3.43. The lowest BCUT2D eigenvalue weighted by molar-refractivity contribution is 0.363. The molecule has 1 saturated heterocycles. The SMILES string of the molecule is COc1c(C2CCNC2)cc(Br)c(F)c1F. The van der Waals surface area contributed by atoms with E-state index >= 15 is 0 Å². The van der Waals surface area contributed by atoms with Crippen molar-refractivity contribution in [3.63, 3.8) is 0 Å². The van der Waals surface area contributed by atoms with Crippen LogP contribution in [-0.4, -0.2) is 20.2 Å². The van der Waals surface area contributed by atoms with E-state index in [9.17, 15) is 8.78 Å². The maximum absolute atomic E-state index is 13.6. The van der Waals surface area contributed by atoms with Gasteiger partial charge in [0.25, 0.3) is 0 Å². The van der Waals surface area contributed by atoms with Crippen LogP contribution in [-0.2, 0) is 0 Å². The van der Waals surface area contributed by atoms with Gasteiger partial charge in [0.05, 0.1) is 11.6 Å². The summed E-state index contributed by atoms with van der Waals surface area (Å²) in [5.74, 6) is -1.61. The summed E-state index contributed by atoms with van der Waals surface area (Å²) in [5.41, 5.74) is 0.721. The zero-order valence-corrected chi connectivity index (χ0v) is 10.4. The Kier molecular flexibility index (Phi) is 3.44. The predicted octanol–water partition coefficient (Wildman–Crippen LogP) is 2.81. The minimum Gasteiger partial charge on any atom is -0.493 e. The molecule has 0 bridgehead atoms. The number of rotatable bonds is 2. The van der Waals surface area contributed by atoms with Crippen molar-refractivity contribution in [2.75, 3.05) is 20.2 Å². The quantitative estimate of drug-likeness (QED) is 0.846. The highest BCUT2D eigenvalue weighted by atomic mass is 79.9. The standard InChI is InChI=1S/C11H12BrF2NO/c1-16-11-7(6-2-3-15-5-6)4-8(12)9(13)10(11)14/h4,6,15H,2-3,5H2,1H3. The van der Waals surface area contributed by atoms with E-state index in [1.54, 1.807) is 6.07 Å². The van der Waals surface area contributed by atoms with E-state index in [0.29, 0.717) is 0 Å². The highest BCUT2D eigenvalue weighted by Gasteiger charge is 2.25. The summed E-state index contributed by atoms with van der Waals surface area (Å²) in [4.78, 5) is 0. The van der Waals surface area contributed by atoms with Crippen molar-refractivity contribution < 1.29 is 13.5 Å². The van der Waals surface area contributed by atoms with Crippen molar-refractivity contribution in [2.24, 2.45) is 0 Å². The molecule has 88 valence electrons. The molecule has 0 aromatic heterocycles. The Hall–Kier alpha value is -0.680. The van der Waals surface area contributed by atoms with Crippen LogP contribution in [0.25, 0.3) is 0 Å². The number of hydrogen-bond acceptors (Lipinski definition) is 2. The lowest BCUT2D eigenvalue weighted by Gasteiger charge is -2.15. The Bertz CT molecular complexity index is 405. The van der Waals surface area contributed by atoms with Crippen molar-refractivity contribution in [2.45, 2.75) is 12.3 Å². The van der Waals surface area contributed by atoms with E-state index in [1.807, 2.05) is 0 Å². The first kappa shape index (κ1) is 11.8. The Morgan fingerprint density at radius 3 is 2.75 bits per heavy atom. The van der Waals surface area contributed by atoms with Crippen molar-refractivity contribution in [3.8, 4) is 5.75 Å². The number of hydrogen-bond donors (Lipinski definition) is 1. The van der Waals surface area contributed by atoms with Crippen LogP contribution in [0.3, 0.4) is 0 Å². The van der Waals surface area contributed by atoms with Gasteiger partial charge >= 0.3 is 0 Å². The molecule has 1 aromatic rings. The second kappa shape index (κ2) is 4.67. The van der Waals surface area contributed by atoms with Gasteiger partial charge in [-0.25, -0.2) is 4.39 Å². The van der Waals surface area contributed by atoms with Crippen LogP contribution in [0.2, 0.25) is 0 Å². The summed E-state index contributed by atoms with van der Waals surface area (Å²) in [7, 11) is 1.36. The monoisotopic (exact) mass is 291 g/mol. The van der Waals surface area contributed by atoms with Crippen LogP contribution in [0.15, 0.2) is 10.5 Å². The van der Waals surface area contributed by atoms with Gasteiger partial charge in [0, 0.05) is 18.0 Å². The van der Waals surface area contributed by atoms with E-state index in [1.165, 1.54) is 7.11 Å². The van der Waals surface area contributed by atoms with Crippen LogP contribution in [0.4, 0.5) is 8.78 Å². The van der Waals surface area contributed by atoms with Gasteiger partial charge in [-0.3, -0.25) is 0 Å². The number of nitrogens with one attached hydrogen (secondary N) is 1. The smallest absolute Gasteiger partial charge is 0.202 e. The van der Waals surface area contributed by atoms with Crippen LogP contribution in [0.5, 0.6) is 5.75 Å². The van der Waals surface area contributed by atoms with Gasteiger partial charge in [0.1, 0.15) is 0 Å². The summed E-state index contributed by atoms with van der Waals surface area (Å²) in [6, 6.07) is 1.61. The lowest BCUT2D eigenvalue weighted by Crippen LogP contribution is -2.10. The Labute approximate surface area is 101 Å². The third-order valence-electron chi connectivity index (χ3n) is 2.85. The van der Waals surface area contributed by atoms with Gasteiger partial charge in [-0.15, -0.1) is 0 Å². The first-order chi connectivity index (χ1) is 7.65. The molecule has 1 unspecified atom stereocenters. The molecule has 5 heteroatoms. The molecule has 1 heterocycles. The summed E-state index contributed by atoms with van der Waals surface area (Å²) in [6.45, 7) is 1.66. The van der Waals surface area contributed by atoms with Crippen LogP contribution < -0.4 is 10.1 Å². The molecule has 2 nitrogen and oxygen atoms in total. The zero-order valence-electron chi connectivity index (χ0n) is 8.82. The van der Waals surface area contributed by atoms with E-state index in [-0.39, 0.29) is 16.1 Å². The number of benzene rings is 1. The Morgan fingerprint density at radius 1 is 1.44 bits per heavy atom. The molecule has 0 amide bonds. The molecule has 0 spiro atoms. The maximum atomic E-state index is 13.6. The van der Waals surface area contributed by atoms with Crippen molar-refractivity contribution in [1.82, 2.24) is 5.32 Å². The number of halogens is 3. The molecule has 1 aliphatic rings. The topological polar surface area (TPSA) is 21.3 Å². The molecule has 1 N–H and O–H groups in total. The zero-order chi connectivity index (χ0) is 11.7.